The van der Waals surface area contributed by atoms with Crippen LogP contribution in [0.2, 0.25) is 0 Å². The zero-order valence-electron chi connectivity index (χ0n) is 21.1. The molecule has 2 heterocycles. The zero-order chi connectivity index (χ0) is 28.4. The Morgan fingerprint density at radius 1 is 0.789 bits per heavy atom. The van der Waals surface area contributed by atoms with Crippen molar-refractivity contribution in [2.45, 2.75) is 113 Å². The van der Waals surface area contributed by atoms with Crippen LogP contribution < -0.4 is 5.11 Å². The van der Waals surface area contributed by atoms with E-state index in [0.717, 1.165) is 25.7 Å². The molecule has 38 heavy (non-hydrogen) atoms. The van der Waals surface area contributed by atoms with Crippen LogP contribution in [-0.4, -0.2) is 135 Å². The number of aliphatic carboxylic acids is 1. The minimum absolute atomic E-state index is 0.168. The highest BCUT2D eigenvalue weighted by Gasteiger charge is 2.48. The Morgan fingerprint density at radius 2 is 1.34 bits per heavy atom. The Balaban J connectivity index is 1.92. The number of hydrogen-bond acceptors (Lipinski definition) is 15. The number of aliphatic hydroxyl groups is 7. The van der Waals surface area contributed by atoms with Crippen molar-refractivity contribution in [1.82, 2.24) is 0 Å². The maximum atomic E-state index is 12.0. The number of aliphatic hydroxyl groups excluding tert-OH is 7. The van der Waals surface area contributed by atoms with Crippen LogP contribution in [0.5, 0.6) is 0 Å². The molecule has 15 heteroatoms. The second kappa shape index (κ2) is 15.9. The first-order valence-electron chi connectivity index (χ1n) is 12.6. The molecule has 0 unspecified atom stereocenters. The van der Waals surface area contributed by atoms with Gasteiger partial charge in [0.15, 0.2) is 12.6 Å². The Hall–Kier alpha value is -1.50. The summed E-state index contributed by atoms with van der Waals surface area (Å²) in [5.41, 5.74) is 0. The quantitative estimate of drug-likeness (QED) is 0.0745. The molecule has 2 aliphatic rings. The van der Waals surface area contributed by atoms with Crippen LogP contribution in [-0.2, 0) is 33.3 Å². The first-order chi connectivity index (χ1) is 18.0. The molecule has 2 saturated heterocycles. The van der Waals surface area contributed by atoms with Gasteiger partial charge in [-0.25, -0.2) is 0 Å². The molecule has 15 nitrogen and oxygen atoms in total. The van der Waals surface area contributed by atoms with E-state index in [1.54, 1.807) is 0 Å². The standard InChI is InChI=1S/C23H40O15/c1-2-3-4-5-6-7-14(25)34-9-12-15(26)17(28)19(30)22(37-12)35-10-13-16(27)18(29)20(31)23(38-13)36-11(8-24)21(32)33/h11-13,15-20,22-24,26-31H,2-10H2,1H3,(H,32,33)/p-1/t11-,12-,13-,15-,16+,17+,18+,19-,20-,22+,23+/m1/s1. The van der Waals surface area contributed by atoms with Crippen LogP contribution in [0.15, 0.2) is 0 Å². The molecular weight excluding hydrogens is 516 g/mol. The van der Waals surface area contributed by atoms with Crippen molar-refractivity contribution >= 4 is 11.9 Å². The summed E-state index contributed by atoms with van der Waals surface area (Å²) in [6.07, 6.45) is -13.9. The van der Waals surface area contributed by atoms with E-state index in [1.165, 1.54) is 0 Å². The smallest absolute Gasteiger partial charge is 0.305 e. The predicted molar refractivity (Wildman–Crippen MR) is 121 cm³/mol. The monoisotopic (exact) mass is 555 g/mol. The van der Waals surface area contributed by atoms with Crippen LogP contribution in [0.3, 0.4) is 0 Å². The number of hydrogen-bond donors (Lipinski definition) is 7. The van der Waals surface area contributed by atoms with Crippen molar-refractivity contribution in [3.05, 3.63) is 0 Å². The first kappa shape index (κ1) is 32.7. The molecule has 2 aliphatic heterocycles. The van der Waals surface area contributed by atoms with Gasteiger partial charge in [-0.1, -0.05) is 32.6 Å². The molecule has 0 aliphatic carbocycles. The van der Waals surface area contributed by atoms with Crippen molar-refractivity contribution in [3.63, 3.8) is 0 Å². The minimum Gasteiger partial charge on any atom is -0.547 e. The number of carboxylic acid groups (broad SMARTS) is 1. The third-order valence-corrected chi connectivity index (χ3v) is 6.38. The van der Waals surface area contributed by atoms with Gasteiger partial charge in [0.05, 0.1) is 19.2 Å². The molecule has 7 N–H and O–H groups in total. The summed E-state index contributed by atoms with van der Waals surface area (Å²) in [4.78, 5) is 23.0. The normalized spacial score (nSPS) is 36.5. The summed E-state index contributed by atoms with van der Waals surface area (Å²) in [6.45, 7) is -0.0206. The van der Waals surface area contributed by atoms with Crippen molar-refractivity contribution in [2.75, 3.05) is 19.8 Å². The summed E-state index contributed by atoms with van der Waals surface area (Å²) in [5.74, 6) is -2.34. The highest BCUT2D eigenvalue weighted by molar-refractivity contribution is 5.70. The maximum Gasteiger partial charge on any atom is 0.305 e. The van der Waals surface area contributed by atoms with Crippen LogP contribution in [0.4, 0.5) is 0 Å². The van der Waals surface area contributed by atoms with E-state index in [-0.39, 0.29) is 6.42 Å². The van der Waals surface area contributed by atoms with Crippen molar-refractivity contribution < 1.29 is 74.1 Å². The number of unbranched alkanes of at least 4 members (excludes halogenated alkanes) is 4. The van der Waals surface area contributed by atoms with Crippen LogP contribution in [0, 0.1) is 0 Å². The molecule has 0 bridgehead atoms. The molecule has 222 valence electrons. The summed E-state index contributed by atoms with van der Waals surface area (Å²) in [6, 6.07) is 0. The van der Waals surface area contributed by atoms with E-state index < -0.39 is 99.3 Å². The third kappa shape index (κ3) is 9.02. The lowest BCUT2D eigenvalue weighted by molar-refractivity contribution is -0.351. The highest BCUT2D eigenvalue weighted by atomic mass is 16.7. The molecule has 2 rings (SSSR count). The fraction of sp³-hybridized carbons (Fsp3) is 0.913. The number of ether oxygens (including phenoxy) is 5. The minimum atomic E-state index is -1.90. The number of carbonyl (C=O) groups excluding carboxylic acids is 2. The Labute approximate surface area is 219 Å². The summed E-state index contributed by atoms with van der Waals surface area (Å²) in [7, 11) is 0. The lowest BCUT2D eigenvalue weighted by Gasteiger charge is -2.43. The predicted octanol–water partition coefficient (Wildman–Crippen LogP) is -4.35. The van der Waals surface area contributed by atoms with E-state index in [1.807, 2.05) is 0 Å². The van der Waals surface area contributed by atoms with Gasteiger partial charge in [-0.2, -0.15) is 0 Å². The summed E-state index contributed by atoms with van der Waals surface area (Å²) < 4.78 is 26.1. The molecule has 0 spiro atoms. The molecule has 0 saturated carbocycles. The topological polar surface area (TPSA) is 245 Å². The van der Waals surface area contributed by atoms with Gasteiger partial charge < -0.3 is 69.3 Å². The van der Waals surface area contributed by atoms with Crippen LogP contribution >= 0.6 is 0 Å². The highest BCUT2D eigenvalue weighted by Crippen LogP contribution is 2.26. The van der Waals surface area contributed by atoms with E-state index in [9.17, 15) is 45.3 Å². The maximum absolute atomic E-state index is 12.0. The van der Waals surface area contributed by atoms with Crippen molar-refractivity contribution in [3.8, 4) is 0 Å². The Bertz CT molecular complexity index is 723. The Morgan fingerprint density at radius 3 is 1.92 bits per heavy atom. The first-order valence-corrected chi connectivity index (χ1v) is 12.6. The van der Waals surface area contributed by atoms with Gasteiger partial charge in [0.2, 0.25) is 0 Å². The van der Waals surface area contributed by atoms with Crippen molar-refractivity contribution in [2.24, 2.45) is 0 Å². The molecule has 0 aromatic carbocycles. The SMILES string of the molecule is CCCCCCCC(=O)OC[C@H]1O[C@H](OC[C@H]2O[C@H](O[C@H](CO)C(=O)[O-])[C@H](O)[C@@H](O)[C@H]2O)[C@H](O)[C@@H](O)[C@@H]1O. The van der Waals surface area contributed by atoms with Gasteiger partial charge >= 0.3 is 5.97 Å². The zero-order valence-corrected chi connectivity index (χ0v) is 21.1. The summed E-state index contributed by atoms with van der Waals surface area (Å²) >= 11 is 0. The van der Waals surface area contributed by atoms with E-state index in [4.69, 9.17) is 28.8 Å². The fourth-order valence-electron chi connectivity index (χ4n) is 4.00. The van der Waals surface area contributed by atoms with Gasteiger partial charge in [0.25, 0.3) is 0 Å². The summed E-state index contributed by atoms with van der Waals surface area (Å²) in [5, 5.41) is 81.1. The average molecular weight is 556 g/mol. The second-order valence-electron chi connectivity index (χ2n) is 9.34. The second-order valence-corrected chi connectivity index (χ2v) is 9.34. The molecule has 0 aromatic heterocycles. The molecule has 0 aromatic rings. The van der Waals surface area contributed by atoms with E-state index in [2.05, 4.69) is 6.92 Å². The number of carbonyl (C=O) groups is 2. The average Bonchev–Trinajstić information content (AvgIpc) is 2.89. The third-order valence-electron chi connectivity index (χ3n) is 6.38. The lowest BCUT2D eigenvalue weighted by Crippen LogP contribution is -2.62. The molecule has 0 amide bonds. The van der Waals surface area contributed by atoms with Gasteiger partial charge in [-0.15, -0.1) is 0 Å². The molecular formula is C23H39O15-. The van der Waals surface area contributed by atoms with Gasteiger partial charge in [0.1, 0.15) is 61.5 Å². The largest absolute Gasteiger partial charge is 0.547 e. The van der Waals surface area contributed by atoms with Crippen molar-refractivity contribution in [1.29, 1.82) is 0 Å². The van der Waals surface area contributed by atoms with E-state index >= 15 is 0 Å². The Kier molecular flexibility index (Phi) is 13.7. The van der Waals surface area contributed by atoms with Gasteiger partial charge in [0, 0.05) is 6.42 Å². The number of rotatable bonds is 15. The molecule has 11 atom stereocenters. The van der Waals surface area contributed by atoms with Gasteiger partial charge in [-0.3, -0.25) is 4.79 Å². The van der Waals surface area contributed by atoms with Crippen LogP contribution in [0.25, 0.3) is 0 Å². The lowest BCUT2D eigenvalue weighted by atomic mass is 9.98. The molecule has 2 fully saturated rings. The fourth-order valence-corrected chi connectivity index (χ4v) is 4.00. The molecule has 0 radical (unpaired) electrons. The van der Waals surface area contributed by atoms with E-state index in [0.29, 0.717) is 6.42 Å². The van der Waals surface area contributed by atoms with Crippen LogP contribution in [0.1, 0.15) is 45.4 Å². The van der Waals surface area contributed by atoms with Gasteiger partial charge in [-0.05, 0) is 6.42 Å². The number of carboxylic acids is 1. The number of esters is 1.